The highest BCUT2D eigenvalue weighted by Gasteiger charge is 2.10. The molecule has 2 rings (SSSR count). The molecule has 0 fully saturated rings. The summed E-state index contributed by atoms with van der Waals surface area (Å²) >= 11 is 6.42. The maximum atomic E-state index is 13.5. The molecule has 0 atom stereocenters. The van der Waals surface area contributed by atoms with Gasteiger partial charge in [-0.1, -0.05) is 15.9 Å². The summed E-state index contributed by atoms with van der Waals surface area (Å²) in [5.74, 6) is -1.35. The topological polar surface area (TPSA) is 21.3 Å². The maximum Gasteiger partial charge on any atom is 0.169 e. The minimum atomic E-state index is -0.722. The average molecular weight is 407 g/mol. The summed E-state index contributed by atoms with van der Waals surface area (Å²) in [5, 5.41) is 3.13. The van der Waals surface area contributed by atoms with Crippen molar-refractivity contribution in [1.29, 1.82) is 0 Å². The molecule has 0 bridgehead atoms. The zero-order chi connectivity index (χ0) is 14.5. The third-order valence-electron chi connectivity index (χ3n) is 2.48. The van der Waals surface area contributed by atoms with E-state index in [9.17, 15) is 8.78 Å². The van der Waals surface area contributed by atoms with Crippen LogP contribution in [0.1, 0.15) is 0 Å². The van der Waals surface area contributed by atoms with Crippen LogP contribution in [0.5, 0.6) is 5.75 Å². The van der Waals surface area contributed by atoms with E-state index in [-0.39, 0.29) is 16.8 Å². The van der Waals surface area contributed by atoms with E-state index < -0.39 is 11.6 Å². The minimum absolute atomic E-state index is 0.0176. The van der Waals surface area contributed by atoms with Crippen LogP contribution in [0, 0.1) is 11.6 Å². The number of benzene rings is 2. The van der Waals surface area contributed by atoms with Crippen molar-refractivity contribution in [3.05, 3.63) is 57.0 Å². The minimum Gasteiger partial charge on any atom is -0.487 e. The van der Waals surface area contributed by atoms with Crippen molar-refractivity contribution >= 4 is 37.5 Å². The quantitative estimate of drug-likeness (QED) is 0.707. The molecule has 0 heterocycles. The van der Waals surface area contributed by atoms with E-state index in [1.807, 2.05) is 24.3 Å². The van der Waals surface area contributed by atoms with E-state index in [2.05, 4.69) is 37.2 Å². The second kappa shape index (κ2) is 7.04. The second-order valence-corrected chi connectivity index (χ2v) is 5.75. The van der Waals surface area contributed by atoms with Crippen molar-refractivity contribution in [1.82, 2.24) is 0 Å². The van der Waals surface area contributed by atoms with Gasteiger partial charge in [-0.05, 0) is 46.3 Å². The van der Waals surface area contributed by atoms with Crippen LogP contribution in [0.25, 0.3) is 0 Å². The fraction of sp³-hybridized carbons (Fsp3) is 0.143. The summed E-state index contributed by atoms with van der Waals surface area (Å²) in [6, 6.07) is 9.62. The van der Waals surface area contributed by atoms with E-state index in [4.69, 9.17) is 4.74 Å². The van der Waals surface area contributed by atoms with Crippen molar-refractivity contribution < 1.29 is 13.5 Å². The summed E-state index contributed by atoms with van der Waals surface area (Å²) in [4.78, 5) is 0. The van der Waals surface area contributed by atoms with Gasteiger partial charge in [-0.2, -0.15) is 0 Å². The Morgan fingerprint density at radius 1 is 1.05 bits per heavy atom. The first-order valence-electron chi connectivity index (χ1n) is 5.83. The van der Waals surface area contributed by atoms with Crippen LogP contribution >= 0.6 is 31.9 Å². The average Bonchev–Trinajstić information content (AvgIpc) is 2.39. The van der Waals surface area contributed by atoms with Gasteiger partial charge in [0.2, 0.25) is 0 Å². The number of nitrogens with one attached hydrogen (secondary N) is 1. The van der Waals surface area contributed by atoms with Crippen molar-refractivity contribution in [2.45, 2.75) is 0 Å². The van der Waals surface area contributed by atoms with Crippen LogP contribution < -0.4 is 10.1 Å². The van der Waals surface area contributed by atoms with Crippen molar-refractivity contribution in [2.24, 2.45) is 0 Å². The van der Waals surface area contributed by atoms with Gasteiger partial charge in [-0.25, -0.2) is 8.78 Å². The standard InChI is InChI=1S/C14H11Br2F2NO/c15-9-1-3-11(4-2-9)19-5-6-20-14-12(16)7-10(17)8-13(14)18/h1-4,7-8,19H,5-6H2. The van der Waals surface area contributed by atoms with Gasteiger partial charge in [-0.3, -0.25) is 0 Å². The summed E-state index contributed by atoms with van der Waals surface area (Å²) in [7, 11) is 0. The molecule has 0 aliphatic rings. The normalized spacial score (nSPS) is 10.4. The summed E-state index contributed by atoms with van der Waals surface area (Å²) in [6.45, 7) is 0.766. The number of ether oxygens (including phenoxy) is 1. The van der Waals surface area contributed by atoms with Crippen molar-refractivity contribution in [2.75, 3.05) is 18.5 Å². The van der Waals surface area contributed by atoms with Gasteiger partial charge in [0, 0.05) is 22.8 Å². The molecule has 6 heteroatoms. The highest BCUT2D eigenvalue weighted by atomic mass is 79.9. The van der Waals surface area contributed by atoms with Gasteiger partial charge in [0.1, 0.15) is 12.4 Å². The molecule has 0 radical (unpaired) electrons. The van der Waals surface area contributed by atoms with E-state index in [1.165, 1.54) is 6.07 Å². The summed E-state index contributed by atoms with van der Waals surface area (Å²) in [5.41, 5.74) is 0.940. The van der Waals surface area contributed by atoms with Crippen LogP contribution in [0.4, 0.5) is 14.5 Å². The van der Waals surface area contributed by atoms with Gasteiger partial charge in [0.25, 0.3) is 0 Å². The van der Waals surface area contributed by atoms with Gasteiger partial charge < -0.3 is 10.1 Å². The number of halogens is 4. The highest BCUT2D eigenvalue weighted by molar-refractivity contribution is 9.10. The summed E-state index contributed by atoms with van der Waals surface area (Å²) < 4.78 is 33.0. The Morgan fingerprint density at radius 2 is 1.75 bits per heavy atom. The lowest BCUT2D eigenvalue weighted by molar-refractivity contribution is 0.311. The molecule has 0 aliphatic carbocycles. The lowest BCUT2D eigenvalue weighted by Gasteiger charge is -2.11. The van der Waals surface area contributed by atoms with Crippen molar-refractivity contribution in [3.63, 3.8) is 0 Å². The zero-order valence-corrected chi connectivity index (χ0v) is 13.5. The lowest BCUT2D eigenvalue weighted by Crippen LogP contribution is -2.12. The maximum absolute atomic E-state index is 13.5. The Kier molecular flexibility index (Phi) is 5.37. The molecule has 2 nitrogen and oxygen atoms in total. The Hall–Kier alpha value is -1.14. The van der Waals surface area contributed by atoms with Gasteiger partial charge in [-0.15, -0.1) is 0 Å². The van der Waals surface area contributed by atoms with Crippen molar-refractivity contribution in [3.8, 4) is 5.75 Å². The molecular formula is C14H11Br2F2NO. The molecule has 0 aromatic heterocycles. The molecule has 2 aromatic carbocycles. The smallest absolute Gasteiger partial charge is 0.169 e. The molecule has 0 spiro atoms. The Labute approximate surface area is 132 Å². The molecule has 2 aromatic rings. The second-order valence-electron chi connectivity index (χ2n) is 3.98. The molecule has 0 unspecified atom stereocenters. The Balaban J connectivity index is 1.86. The van der Waals surface area contributed by atoms with E-state index in [1.54, 1.807) is 0 Å². The Bertz CT molecular complexity index is 567. The highest BCUT2D eigenvalue weighted by Crippen LogP contribution is 2.29. The van der Waals surface area contributed by atoms with E-state index >= 15 is 0 Å². The van der Waals surface area contributed by atoms with E-state index in [0.717, 1.165) is 16.2 Å². The molecule has 0 saturated heterocycles. The monoisotopic (exact) mass is 405 g/mol. The first-order chi connectivity index (χ1) is 9.56. The molecule has 0 aliphatic heterocycles. The molecule has 1 N–H and O–H groups in total. The van der Waals surface area contributed by atoms with Crippen LogP contribution in [-0.2, 0) is 0 Å². The van der Waals surface area contributed by atoms with Gasteiger partial charge >= 0.3 is 0 Å². The third-order valence-corrected chi connectivity index (χ3v) is 3.60. The molecule has 20 heavy (non-hydrogen) atoms. The zero-order valence-electron chi connectivity index (χ0n) is 10.3. The van der Waals surface area contributed by atoms with Crippen LogP contribution in [0.3, 0.4) is 0 Å². The van der Waals surface area contributed by atoms with Gasteiger partial charge in [0.05, 0.1) is 4.47 Å². The molecule has 0 amide bonds. The fourth-order valence-corrected chi connectivity index (χ4v) is 2.37. The third kappa shape index (κ3) is 4.18. The largest absolute Gasteiger partial charge is 0.487 e. The molecular weight excluding hydrogens is 396 g/mol. The first kappa shape index (κ1) is 15.3. The fourth-order valence-electron chi connectivity index (χ4n) is 1.58. The first-order valence-corrected chi connectivity index (χ1v) is 7.41. The Morgan fingerprint density at radius 3 is 2.40 bits per heavy atom. The van der Waals surface area contributed by atoms with E-state index in [0.29, 0.717) is 6.54 Å². The van der Waals surface area contributed by atoms with Crippen LogP contribution in [-0.4, -0.2) is 13.2 Å². The van der Waals surface area contributed by atoms with Crippen LogP contribution in [0.2, 0.25) is 0 Å². The number of hydrogen-bond donors (Lipinski definition) is 1. The van der Waals surface area contributed by atoms with Crippen LogP contribution in [0.15, 0.2) is 45.3 Å². The summed E-state index contributed by atoms with van der Waals surface area (Å²) in [6.07, 6.45) is 0. The molecule has 0 saturated carbocycles. The number of anilines is 1. The SMILES string of the molecule is Fc1cc(F)c(OCCNc2ccc(Br)cc2)c(Br)c1. The van der Waals surface area contributed by atoms with Gasteiger partial charge in [0.15, 0.2) is 11.6 Å². The number of rotatable bonds is 5. The predicted octanol–water partition coefficient (Wildman–Crippen LogP) is 4.98. The lowest BCUT2D eigenvalue weighted by atomic mass is 10.3. The number of hydrogen-bond acceptors (Lipinski definition) is 2. The predicted molar refractivity (Wildman–Crippen MR) is 82.2 cm³/mol. The molecule has 106 valence electrons.